The van der Waals surface area contributed by atoms with E-state index in [0.717, 1.165) is 36.1 Å². The molecule has 4 nitrogen and oxygen atoms in total. The first-order chi connectivity index (χ1) is 12.2. The molecule has 0 atom stereocenters. The molecule has 4 heteroatoms. The fourth-order valence-electron chi connectivity index (χ4n) is 2.16. The Morgan fingerprint density at radius 2 is 1.96 bits per heavy atom. The van der Waals surface area contributed by atoms with E-state index in [2.05, 4.69) is 44.7 Å². The number of hydrogen-bond acceptors (Lipinski definition) is 3. The quantitative estimate of drug-likeness (QED) is 0.268. The van der Waals surface area contributed by atoms with Crippen LogP contribution in [0.3, 0.4) is 0 Å². The van der Waals surface area contributed by atoms with Crippen LogP contribution in [-0.4, -0.2) is 18.2 Å². The number of carbonyl (C=O) groups is 1. The summed E-state index contributed by atoms with van der Waals surface area (Å²) in [5.74, 6) is 0.433. The van der Waals surface area contributed by atoms with Gasteiger partial charge < -0.3 is 10.2 Å². The number of carbonyl (C=O) groups excluding carboxylic acids is 1. The molecule has 1 aromatic rings. The van der Waals surface area contributed by atoms with Gasteiger partial charge >= 0.3 is 0 Å². The van der Waals surface area contributed by atoms with Crippen LogP contribution in [0.25, 0.3) is 11.8 Å². The number of benzene rings is 1. The Hall–Kier alpha value is -2.36. The van der Waals surface area contributed by atoms with Crippen LogP contribution in [0.5, 0.6) is 0 Å². The zero-order chi connectivity index (χ0) is 19.6. The van der Waals surface area contributed by atoms with E-state index in [1.807, 2.05) is 31.2 Å². The number of hydrogen-bond donors (Lipinski definition) is 1. The molecular formula is C22H34N2O2. The summed E-state index contributed by atoms with van der Waals surface area (Å²) >= 11 is 0. The lowest BCUT2D eigenvalue weighted by atomic mass is 9.92. The second kappa shape index (κ2) is 10.6. The van der Waals surface area contributed by atoms with E-state index in [-0.39, 0.29) is 12.7 Å². The number of nitrogens with zero attached hydrogens (tertiary/aromatic N) is 1. The molecule has 0 saturated heterocycles. The van der Waals surface area contributed by atoms with Crippen molar-refractivity contribution in [3.05, 3.63) is 48.0 Å². The zero-order valence-corrected chi connectivity index (χ0v) is 16.8. The summed E-state index contributed by atoms with van der Waals surface area (Å²) in [5, 5.41) is 6.97. The van der Waals surface area contributed by atoms with Gasteiger partial charge in [-0.25, -0.2) is 0 Å². The molecular weight excluding hydrogens is 324 g/mol. The van der Waals surface area contributed by atoms with Gasteiger partial charge in [-0.3, -0.25) is 4.79 Å². The zero-order valence-electron chi connectivity index (χ0n) is 16.8. The number of rotatable bonds is 9. The molecule has 0 bridgehead atoms. The highest BCUT2D eigenvalue weighted by molar-refractivity contribution is 5.91. The van der Waals surface area contributed by atoms with Gasteiger partial charge in [0.15, 0.2) is 5.76 Å². The highest BCUT2D eigenvalue weighted by atomic mass is 16.6. The van der Waals surface area contributed by atoms with Crippen molar-refractivity contribution in [3.8, 4) is 0 Å². The third-order valence-corrected chi connectivity index (χ3v) is 3.76. The summed E-state index contributed by atoms with van der Waals surface area (Å²) in [6.07, 6.45) is 6.25. The standard InChI is InChI=1S/C22H32N2O2.H2/c1-7-8-17(2)24-26-18(3)20-12-9-19(10-13-20)11-14-21(25)23-16-15-22(4,5)6;/h9-14H,3,7-8,15-16H2,1-2,4-6H3,(H,23,25);1H/b14-11+,24-17+;. The van der Waals surface area contributed by atoms with E-state index in [9.17, 15) is 4.79 Å². The Morgan fingerprint density at radius 3 is 2.54 bits per heavy atom. The molecule has 0 heterocycles. The third-order valence-electron chi connectivity index (χ3n) is 3.76. The second-order valence-corrected chi connectivity index (χ2v) is 7.65. The van der Waals surface area contributed by atoms with E-state index < -0.39 is 0 Å². The minimum absolute atomic E-state index is 0. The molecule has 0 unspecified atom stereocenters. The molecule has 0 aliphatic carbocycles. The summed E-state index contributed by atoms with van der Waals surface area (Å²) in [6, 6.07) is 7.66. The van der Waals surface area contributed by atoms with Crippen molar-refractivity contribution in [2.75, 3.05) is 6.54 Å². The van der Waals surface area contributed by atoms with Gasteiger partial charge in [0.1, 0.15) is 0 Å². The molecule has 1 aromatic carbocycles. The summed E-state index contributed by atoms with van der Waals surface area (Å²) in [7, 11) is 0. The first kappa shape index (κ1) is 21.7. The second-order valence-electron chi connectivity index (χ2n) is 7.65. The van der Waals surface area contributed by atoms with E-state index in [0.29, 0.717) is 12.3 Å². The largest absolute Gasteiger partial charge is 0.357 e. The molecule has 144 valence electrons. The van der Waals surface area contributed by atoms with E-state index in [1.165, 1.54) is 0 Å². The predicted octanol–water partition coefficient (Wildman–Crippen LogP) is 5.66. The Labute approximate surface area is 159 Å². The maximum absolute atomic E-state index is 11.8. The van der Waals surface area contributed by atoms with Crippen LogP contribution >= 0.6 is 0 Å². The number of amides is 1. The molecule has 1 amide bonds. The first-order valence-electron chi connectivity index (χ1n) is 9.17. The van der Waals surface area contributed by atoms with Crippen LogP contribution in [0.2, 0.25) is 0 Å². The fourth-order valence-corrected chi connectivity index (χ4v) is 2.16. The molecule has 26 heavy (non-hydrogen) atoms. The van der Waals surface area contributed by atoms with Crippen LogP contribution in [-0.2, 0) is 9.63 Å². The van der Waals surface area contributed by atoms with Crippen LogP contribution in [0.4, 0.5) is 0 Å². The summed E-state index contributed by atoms with van der Waals surface area (Å²) in [6.45, 7) is 15.1. The molecule has 0 spiro atoms. The predicted molar refractivity (Wildman–Crippen MR) is 113 cm³/mol. The maximum Gasteiger partial charge on any atom is 0.243 e. The van der Waals surface area contributed by atoms with Crippen LogP contribution < -0.4 is 5.32 Å². The Kier molecular flexibility index (Phi) is 8.83. The van der Waals surface area contributed by atoms with E-state index >= 15 is 0 Å². The highest BCUT2D eigenvalue weighted by Crippen LogP contribution is 2.17. The Bertz CT molecular complexity index is 656. The summed E-state index contributed by atoms with van der Waals surface area (Å²) in [4.78, 5) is 17.2. The van der Waals surface area contributed by atoms with Gasteiger partial charge in [0, 0.05) is 19.6 Å². The lowest BCUT2D eigenvalue weighted by Gasteiger charge is -2.17. The van der Waals surface area contributed by atoms with Crippen molar-refractivity contribution in [2.24, 2.45) is 10.6 Å². The van der Waals surface area contributed by atoms with Crippen molar-refractivity contribution >= 4 is 23.5 Å². The molecule has 1 N–H and O–H groups in total. The van der Waals surface area contributed by atoms with Crippen molar-refractivity contribution in [1.29, 1.82) is 0 Å². The SMILES string of the molecule is C=C(O/N=C(\C)CCC)c1ccc(/C=C/C(=O)NCCC(C)(C)C)cc1.[HH]. The van der Waals surface area contributed by atoms with Crippen LogP contribution in [0.1, 0.15) is 66.4 Å². The molecule has 1 rings (SSSR count). The minimum Gasteiger partial charge on any atom is -0.357 e. The number of oxime groups is 1. The molecule has 0 aliphatic heterocycles. The van der Waals surface area contributed by atoms with Gasteiger partial charge in [0.05, 0.1) is 5.71 Å². The Morgan fingerprint density at radius 1 is 1.31 bits per heavy atom. The van der Waals surface area contributed by atoms with E-state index in [1.54, 1.807) is 12.2 Å². The van der Waals surface area contributed by atoms with Gasteiger partial charge in [0.25, 0.3) is 0 Å². The lowest BCUT2D eigenvalue weighted by Crippen LogP contribution is -2.25. The normalized spacial score (nSPS) is 12.3. The molecule has 0 aliphatic rings. The van der Waals surface area contributed by atoms with Crippen molar-refractivity contribution in [1.82, 2.24) is 5.32 Å². The molecule has 0 radical (unpaired) electrons. The van der Waals surface area contributed by atoms with Gasteiger partial charge in [-0.15, -0.1) is 0 Å². The maximum atomic E-state index is 11.8. The molecule has 0 saturated carbocycles. The van der Waals surface area contributed by atoms with Gasteiger partial charge in [-0.05, 0) is 36.8 Å². The topological polar surface area (TPSA) is 50.7 Å². The monoisotopic (exact) mass is 358 g/mol. The summed E-state index contributed by atoms with van der Waals surface area (Å²) in [5.41, 5.74) is 2.98. The number of nitrogens with one attached hydrogen (secondary N) is 1. The average Bonchev–Trinajstić information content (AvgIpc) is 2.57. The Balaban J connectivity index is 0.00000676. The van der Waals surface area contributed by atoms with Crippen LogP contribution in [0.15, 0.2) is 42.1 Å². The van der Waals surface area contributed by atoms with Gasteiger partial charge in [-0.1, -0.05) is 70.1 Å². The minimum atomic E-state index is -0.0770. The summed E-state index contributed by atoms with van der Waals surface area (Å²) < 4.78 is 0. The van der Waals surface area contributed by atoms with Gasteiger partial charge in [-0.2, -0.15) is 0 Å². The smallest absolute Gasteiger partial charge is 0.243 e. The van der Waals surface area contributed by atoms with E-state index in [4.69, 9.17) is 4.84 Å². The fraction of sp³-hybridized carbons (Fsp3) is 0.455. The van der Waals surface area contributed by atoms with Gasteiger partial charge in [0.2, 0.25) is 5.91 Å². The molecule has 0 aromatic heterocycles. The van der Waals surface area contributed by atoms with Crippen molar-refractivity contribution in [3.63, 3.8) is 0 Å². The first-order valence-corrected chi connectivity index (χ1v) is 9.17. The average molecular weight is 359 g/mol. The van der Waals surface area contributed by atoms with Crippen LogP contribution in [0, 0.1) is 5.41 Å². The van der Waals surface area contributed by atoms with Crippen molar-refractivity contribution < 1.29 is 11.1 Å². The lowest BCUT2D eigenvalue weighted by molar-refractivity contribution is -0.116. The van der Waals surface area contributed by atoms with Crippen molar-refractivity contribution in [2.45, 2.75) is 53.9 Å². The highest BCUT2D eigenvalue weighted by Gasteiger charge is 2.09. The molecule has 0 fully saturated rings. The third kappa shape index (κ3) is 9.21.